The number of nitrogens with one attached hydrogen (secondary N) is 1. The number of benzene rings is 1. The van der Waals surface area contributed by atoms with E-state index in [2.05, 4.69) is 5.32 Å². The van der Waals surface area contributed by atoms with Gasteiger partial charge in [-0.25, -0.2) is 4.79 Å². The number of thioether (sulfide) groups is 1. The smallest absolute Gasteiger partial charge is 0.407 e. The van der Waals surface area contributed by atoms with E-state index >= 15 is 0 Å². The Morgan fingerprint density at radius 1 is 1.23 bits per heavy atom. The first-order valence-corrected chi connectivity index (χ1v) is 9.57. The second-order valence-electron chi connectivity index (χ2n) is 5.50. The van der Waals surface area contributed by atoms with E-state index in [-0.39, 0.29) is 0 Å². The summed E-state index contributed by atoms with van der Waals surface area (Å²) in [4.78, 5) is 12.7. The predicted molar refractivity (Wildman–Crippen MR) is 98.6 cm³/mol. The highest BCUT2D eigenvalue weighted by Crippen LogP contribution is 2.33. The van der Waals surface area contributed by atoms with E-state index < -0.39 is 52.9 Å². The molecule has 1 aliphatic rings. The normalized spacial score (nSPS) is 29.2. The summed E-state index contributed by atoms with van der Waals surface area (Å²) in [5.74, 6) is 0. The molecule has 1 aromatic rings. The molecular weight excluding hydrogens is 429 g/mol. The molecule has 0 saturated carbocycles. The molecular formula is C15H18Cl3NO6S. The first kappa shape index (κ1) is 21.8. The van der Waals surface area contributed by atoms with Crippen LogP contribution in [0.3, 0.4) is 0 Å². The van der Waals surface area contributed by atoms with Crippen LogP contribution in [0, 0.1) is 0 Å². The lowest BCUT2D eigenvalue weighted by Gasteiger charge is -2.42. The van der Waals surface area contributed by atoms with Crippen LogP contribution in [0.25, 0.3) is 0 Å². The Hall–Kier alpha value is -0.450. The molecule has 0 radical (unpaired) electrons. The van der Waals surface area contributed by atoms with Crippen molar-refractivity contribution in [2.45, 2.75) is 38.5 Å². The van der Waals surface area contributed by atoms with Gasteiger partial charge in [-0.1, -0.05) is 64.8 Å². The van der Waals surface area contributed by atoms with E-state index in [4.69, 9.17) is 44.3 Å². The van der Waals surface area contributed by atoms with Crippen LogP contribution in [0.4, 0.5) is 4.79 Å². The Balaban J connectivity index is 2.10. The molecule has 26 heavy (non-hydrogen) atoms. The summed E-state index contributed by atoms with van der Waals surface area (Å²) in [6.45, 7) is -0.986. The third-order valence-corrected chi connectivity index (χ3v) is 5.04. The molecule has 0 aliphatic carbocycles. The first-order chi connectivity index (χ1) is 12.2. The number of alkyl carbamates (subject to hydrolysis) is 1. The molecule has 0 bridgehead atoms. The number of alkyl halides is 3. The Bertz CT molecular complexity index is 590. The molecule has 1 aliphatic heterocycles. The van der Waals surface area contributed by atoms with Crippen LogP contribution in [0.2, 0.25) is 0 Å². The fraction of sp³-hybridized carbons (Fsp3) is 0.533. The topological polar surface area (TPSA) is 108 Å². The number of aliphatic hydroxyl groups excluding tert-OH is 3. The minimum atomic E-state index is -1.78. The highest BCUT2D eigenvalue weighted by molar-refractivity contribution is 7.99. The summed E-state index contributed by atoms with van der Waals surface area (Å²) in [5.41, 5.74) is -0.798. The van der Waals surface area contributed by atoms with Crippen molar-refractivity contribution >= 4 is 52.7 Å². The molecule has 11 heteroatoms. The Morgan fingerprint density at radius 2 is 1.88 bits per heavy atom. The summed E-state index contributed by atoms with van der Waals surface area (Å²) in [5, 5.41) is 32.2. The van der Waals surface area contributed by atoms with E-state index in [1.54, 1.807) is 0 Å². The molecule has 4 N–H and O–H groups in total. The van der Waals surface area contributed by atoms with Crippen molar-refractivity contribution in [3.05, 3.63) is 30.3 Å². The predicted octanol–water partition coefficient (Wildman–Crippen LogP) is 1.68. The molecule has 1 aromatic carbocycles. The van der Waals surface area contributed by atoms with Gasteiger partial charge in [-0.15, -0.1) is 0 Å². The lowest BCUT2D eigenvalue weighted by Crippen LogP contribution is -2.63. The van der Waals surface area contributed by atoms with E-state index in [0.717, 1.165) is 4.90 Å². The number of halogens is 3. The van der Waals surface area contributed by atoms with Crippen LogP contribution in [-0.4, -0.2) is 68.2 Å². The lowest BCUT2D eigenvalue weighted by atomic mass is 9.98. The van der Waals surface area contributed by atoms with Crippen molar-refractivity contribution in [3.8, 4) is 0 Å². The second kappa shape index (κ2) is 9.66. The van der Waals surface area contributed by atoms with Gasteiger partial charge in [0.2, 0.25) is 3.79 Å². The molecule has 7 nitrogen and oxygen atoms in total. The van der Waals surface area contributed by atoms with E-state index in [9.17, 15) is 20.1 Å². The second-order valence-corrected chi connectivity index (χ2v) is 9.19. The van der Waals surface area contributed by atoms with Crippen molar-refractivity contribution in [2.24, 2.45) is 0 Å². The van der Waals surface area contributed by atoms with Gasteiger partial charge in [0, 0.05) is 4.90 Å². The molecule has 0 spiro atoms. The van der Waals surface area contributed by atoms with Crippen molar-refractivity contribution in [2.75, 3.05) is 13.2 Å². The summed E-state index contributed by atoms with van der Waals surface area (Å²) in [7, 11) is 0. The molecule has 0 unspecified atom stereocenters. The number of aliphatic hydroxyl groups is 3. The van der Waals surface area contributed by atoms with Crippen molar-refractivity contribution in [1.82, 2.24) is 5.32 Å². The number of ether oxygens (including phenoxy) is 2. The van der Waals surface area contributed by atoms with Gasteiger partial charge in [-0.05, 0) is 12.1 Å². The maximum Gasteiger partial charge on any atom is 0.407 e. The third kappa shape index (κ3) is 6.31. The summed E-state index contributed by atoms with van der Waals surface area (Å²) in [6, 6.07) is 8.08. The van der Waals surface area contributed by atoms with Crippen LogP contribution in [0.1, 0.15) is 0 Å². The molecule has 1 saturated heterocycles. The van der Waals surface area contributed by atoms with Gasteiger partial charge in [0.15, 0.2) is 0 Å². The van der Waals surface area contributed by atoms with Crippen LogP contribution >= 0.6 is 46.6 Å². The maximum absolute atomic E-state index is 11.9. The third-order valence-electron chi connectivity index (χ3n) is 3.53. The molecule has 2 rings (SSSR count). The zero-order chi connectivity index (χ0) is 19.3. The highest BCUT2D eigenvalue weighted by Gasteiger charge is 2.45. The quantitative estimate of drug-likeness (QED) is 0.510. The number of hydrogen-bond acceptors (Lipinski definition) is 7. The van der Waals surface area contributed by atoms with Crippen LogP contribution in [0.5, 0.6) is 0 Å². The maximum atomic E-state index is 11.9. The van der Waals surface area contributed by atoms with Crippen molar-refractivity contribution < 1.29 is 29.6 Å². The average molecular weight is 447 g/mol. The molecule has 1 heterocycles. The number of carbonyl (C=O) groups excluding carboxylic acids is 1. The van der Waals surface area contributed by atoms with Crippen molar-refractivity contribution in [1.29, 1.82) is 0 Å². The largest absolute Gasteiger partial charge is 0.445 e. The highest BCUT2D eigenvalue weighted by atomic mass is 35.6. The lowest BCUT2D eigenvalue weighted by molar-refractivity contribution is -0.170. The van der Waals surface area contributed by atoms with E-state index in [0.29, 0.717) is 0 Å². The molecule has 0 aromatic heterocycles. The minimum absolute atomic E-state index is 0.492. The van der Waals surface area contributed by atoms with E-state index in [1.807, 2.05) is 30.3 Å². The van der Waals surface area contributed by atoms with Gasteiger partial charge >= 0.3 is 6.09 Å². The summed E-state index contributed by atoms with van der Waals surface area (Å²) in [6.07, 6.45) is -4.74. The Morgan fingerprint density at radius 3 is 2.46 bits per heavy atom. The molecule has 1 fully saturated rings. The number of amides is 1. The van der Waals surface area contributed by atoms with Gasteiger partial charge in [0.05, 0.1) is 12.6 Å². The van der Waals surface area contributed by atoms with Crippen molar-refractivity contribution in [3.63, 3.8) is 0 Å². The monoisotopic (exact) mass is 445 g/mol. The fourth-order valence-corrected chi connectivity index (χ4v) is 3.61. The van der Waals surface area contributed by atoms with Crippen LogP contribution in [0.15, 0.2) is 35.2 Å². The van der Waals surface area contributed by atoms with Gasteiger partial charge in [-0.2, -0.15) is 0 Å². The average Bonchev–Trinajstić information content (AvgIpc) is 2.59. The zero-order valence-corrected chi connectivity index (χ0v) is 16.4. The number of hydrogen-bond donors (Lipinski definition) is 4. The zero-order valence-electron chi connectivity index (χ0n) is 13.3. The van der Waals surface area contributed by atoms with E-state index in [1.165, 1.54) is 11.8 Å². The van der Waals surface area contributed by atoms with Gasteiger partial charge in [-0.3, -0.25) is 0 Å². The molecule has 146 valence electrons. The van der Waals surface area contributed by atoms with Crippen LogP contribution < -0.4 is 5.32 Å². The summed E-state index contributed by atoms with van der Waals surface area (Å²) < 4.78 is 8.65. The number of carbonyl (C=O) groups is 1. The van der Waals surface area contributed by atoms with Gasteiger partial charge in [0.25, 0.3) is 0 Å². The Kier molecular flexibility index (Phi) is 8.11. The number of rotatable bonds is 5. The SMILES string of the molecule is O=C(N[C@@H]1[C@@H](O)[C@@H](O)[C@@H](CO)O[C@H]1Sc1ccccc1)OCC(Cl)(Cl)Cl. The van der Waals surface area contributed by atoms with Crippen LogP contribution in [-0.2, 0) is 9.47 Å². The standard InChI is InChI=1S/C15H18Cl3NO6S/c16-15(17,18)7-24-14(23)19-10-12(22)11(21)9(6-20)25-13(10)26-8-4-2-1-3-5-8/h1-5,9-13,20-22H,6-7H2,(H,19,23)/t9-,10-,11+,12-,13+/m1/s1. The first-order valence-electron chi connectivity index (χ1n) is 7.55. The van der Waals surface area contributed by atoms with Gasteiger partial charge in [0.1, 0.15) is 30.4 Å². The molecule has 5 atom stereocenters. The Labute approximate surface area is 169 Å². The van der Waals surface area contributed by atoms with Gasteiger partial charge < -0.3 is 30.1 Å². The molecule has 1 amide bonds. The minimum Gasteiger partial charge on any atom is -0.445 e. The fourth-order valence-electron chi connectivity index (χ4n) is 2.29. The summed E-state index contributed by atoms with van der Waals surface area (Å²) >= 11 is 17.8.